The standard InChI is InChI=1S/C15H21BrN2O2/c1-9(2)14(18-11(4)19)15(20)17-10(3)12-7-5-6-8-13(12)16/h5-10,14H,1-4H3,(H,17,20)(H,18,19)/t10-,14+/m0/s1. The minimum absolute atomic E-state index is 0.0327. The lowest BCUT2D eigenvalue weighted by atomic mass is 10.0. The molecule has 0 aromatic heterocycles. The summed E-state index contributed by atoms with van der Waals surface area (Å²) in [4.78, 5) is 23.4. The smallest absolute Gasteiger partial charge is 0.243 e. The van der Waals surface area contributed by atoms with Gasteiger partial charge in [0.1, 0.15) is 6.04 Å². The zero-order valence-corrected chi connectivity index (χ0v) is 13.8. The van der Waals surface area contributed by atoms with Crippen LogP contribution in [-0.2, 0) is 9.59 Å². The van der Waals surface area contributed by atoms with Gasteiger partial charge < -0.3 is 10.6 Å². The molecule has 0 aliphatic heterocycles. The first kappa shape index (κ1) is 16.7. The normalized spacial score (nSPS) is 13.7. The molecule has 4 nitrogen and oxygen atoms in total. The third-order valence-electron chi connectivity index (χ3n) is 3.04. The molecule has 0 heterocycles. The third-order valence-corrected chi connectivity index (χ3v) is 3.76. The van der Waals surface area contributed by atoms with Gasteiger partial charge in [-0.2, -0.15) is 0 Å². The van der Waals surface area contributed by atoms with Crippen molar-refractivity contribution in [2.24, 2.45) is 5.92 Å². The van der Waals surface area contributed by atoms with Crippen LogP contribution in [0.5, 0.6) is 0 Å². The summed E-state index contributed by atoms with van der Waals surface area (Å²) in [6, 6.07) is 7.10. The van der Waals surface area contributed by atoms with Crippen molar-refractivity contribution in [3.05, 3.63) is 34.3 Å². The molecule has 0 aliphatic carbocycles. The molecule has 0 aliphatic rings. The summed E-state index contributed by atoms with van der Waals surface area (Å²) >= 11 is 3.47. The van der Waals surface area contributed by atoms with Crippen molar-refractivity contribution in [2.45, 2.75) is 39.8 Å². The van der Waals surface area contributed by atoms with Crippen LogP contribution in [0.15, 0.2) is 28.7 Å². The Labute approximate surface area is 128 Å². The average molecular weight is 341 g/mol. The summed E-state index contributed by atoms with van der Waals surface area (Å²) in [5.41, 5.74) is 1.01. The third kappa shape index (κ3) is 4.63. The predicted octanol–water partition coefficient (Wildman–Crippen LogP) is 2.79. The van der Waals surface area contributed by atoms with Crippen molar-refractivity contribution in [3.8, 4) is 0 Å². The first-order valence-corrected chi connectivity index (χ1v) is 7.44. The highest BCUT2D eigenvalue weighted by atomic mass is 79.9. The van der Waals surface area contributed by atoms with Crippen LogP contribution in [-0.4, -0.2) is 17.9 Å². The Morgan fingerprint density at radius 3 is 2.20 bits per heavy atom. The van der Waals surface area contributed by atoms with Gasteiger partial charge in [0.25, 0.3) is 0 Å². The number of carbonyl (C=O) groups is 2. The summed E-state index contributed by atoms with van der Waals surface area (Å²) in [7, 11) is 0. The molecule has 2 amide bonds. The van der Waals surface area contributed by atoms with Crippen LogP contribution < -0.4 is 10.6 Å². The van der Waals surface area contributed by atoms with Crippen molar-refractivity contribution in [2.75, 3.05) is 0 Å². The summed E-state index contributed by atoms with van der Waals surface area (Å²) < 4.78 is 0.952. The Balaban J connectivity index is 2.78. The van der Waals surface area contributed by atoms with Gasteiger partial charge in [0.05, 0.1) is 6.04 Å². The molecule has 0 radical (unpaired) electrons. The maximum Gasteiger partial charge on any atom is 0.243 e. The van der Waals surface area contributed by atoms with Gasteiger partial charge in [0.2, 0.25) is 11.8 Å². The number of rotatable bonds is 5. The molecule has 20 heavy (non-hydrogen) atoms. The number of benzene rings is 1. The zero-order chi connectivity index (χ0) is 15.3. The van der Waals surface area contributed by atoms with Gasteiger partial charge in [-0.25, -0.2) is 0 Å². The maximum absolute atomic E-state index is 12.3. The molecule has 1 rings (SSSR count). The first-order chi connectivity index (χ1) is 9.32. The molecule has 2 N–H and O–H groups in total. The Hall–Kier alpha value is -1.36. The highest BCUT2D eigenvalue weighted by Crippen LogP contribution is 2.22. The van der Waals surface area contributed by atoms with E-state index >= 15 is 0 Å². The average Bonchev–Trinajstić information content (AvgIpc) is 2.35. The molecule has 5 heteroatoms. The van der Waals surface area contributed by atoms with E-state index in [1.807, 2.05) is 45.0 Å². The van der Waals surface area contributed by atoms with E-state index in [9.17, 15) is 9.59 Å². The van der Waals surface area contributed by atoms with Gasteiger partial charge in [-0.1, -0.05) is 48.0 Å². The zero-order valence-electron chi connectivity index (χ0n) is 12.2. The maximum atomic E-state index is 12.3. The topological polar surface area (TPSA) is 58.2 Å². The lowest BCUT2D eigenvalue weighted by Crippen LogP contribution is -2.49. The van der Waals surface area contributed by atoms with E-state index < -0.39 is 6.04 Å². The Kier molecular flexibility index (Phi) is 6.20. The van der Waals surface area contributed by atoms with E-state index in [0.717, 1.165) is 10.0 Å². The second-order valence-electron chi connectivity index (χ2n) is 5.17. The van der Waals surface area contributed by atoms with Crippen molar-refractivity contribution in [1.29, 1.82) is 0 Å². The Morgan fingerprint density at radius 2 is 1.70 bits per heavy atom. The monoisotopic (exact) mass is 340 g/mol. The van der Waals surface area contributed by atoms with E-state index in [-0.39, 0.29) is 23.8 Å². The Bertz CT molecular complexity index is 489. The fourth-order valence-electron chi connectivity index (χ4n) is 1.96. The van der Waals surface area contributed by atoms with Crippen molar-refractivity contribution in [1.82, 2.24) is 10.6 Å². The quantitative estimate of drug-likeness (QED) is 0.865. The molecule has 0 saturated heterocycles. The summed E-state index contributed by atoms with van der Waals surface area (Å²) in [5, 5.41) is 5.63. The minimum atomic E-state index is -0.516. The van der Waals surface area contributed by atoms with E-state index in [1.54, 1.807) is 0 Å². The molecule has 2 atom stereocenters. The van der Waals surface area contributed by atoms with E-state index in [4.69, 9.17) is 0 Å². The number of halogens is 1. The molecular weight excluding hydrogens is 320 g/mol. The molecule has 1 aromatic carbocycles. The molecule has 0 bridgehead atoms. The Morgan fingerprint density at radius 1 is 1.10 bits per heavy atom. The van der Waals surface area contributed by atoms with Gasteiger partial charge in [-0.15, -0.1) is 0 Å². The van der Waals surface area contributed by atoms with Gasteiger partial charge in [-0.05, 0) is 24.5 Å². The van der Waals surface area contributed by atoms with Gasteiger partial charge in [0, 0.05) is 11.4 Å². The van der Waals surface area contributed by atoms with Gasteiger partial charge in [0.15, 0.2) is 0 Å². The molecule has 0 fully saturated rings. The SMILES string of the molecule is CC(=O)N[C@@H](C(=O)N[C@@H](C)c1ccccc1Br)C(C)C. The van der Waals surface area contributed by atoms with Crippen LogP contribution in [0.2, 0.25) is 0 Å². The highest BCUT2D eigenvalue weighted by molar-refractivity contribution is 9.10. The molecule has 110 valence electrons. The van der Waals surface area contributed by atoms with Crippen LogP contribution in [0.3, 0.4) is 0 Å². The fraction of sp³-hybridized carbons (Fsp3) is 0.467. The largest absolute Gasteiger partial charge is 0.348 e. The van der Waals surface area contributed by atoms with Crippen LogP contribution in [0.4, 0.5) is 0 Å². The van der Waals surface area contributed by atoms with E-state index in [1.165, 1.54) is 6.92 Å². The number of carbonyl (C=O) groups excluding carboxylic acids is 2. The lowest BCUT2D eigenvalue weighted by Gasteiger charge is -2.24. The molecular formula is C15H21BrN2O2. The molecule has 1 aromatic rings. The second kappa shape index (κ2) is 7.43. The second-order valence-corrected chi connectivity index (χ2v) is 6.03. The number of hydrogen-bond donors (Lipinski definition) is 2. The van der Waals surface area contributed by atoms with E-state index in [2.05, 4.69) is 26.6 Å². The lowest BCUT2D eigenvalue weighted by molar-refractivity contribution is -0.129. The first-order valence-electron chi connectivity index (χ1n) is 6.64. The fourth-order valence-corrected chi connectivity index (χ4v) is 2.59. The number of hydrogen-bond acceptors (Lipinski definition) is 2. The van der Waals surface area contributed by atoms with E-state index in [0.29, 0.717) is 0 Å². The minimum Gasteiger partial charge on any atom is -0.348 e. The van der Waals surface area contributed by atoms with Crippen LogP contribution in [0.25, 0.3) is 0 Å². The van der Waals surface area contributed by atoms with Crippen molar-refractivity contribution in [3.63, 3.8) is 0 Å². The summed E-state index contributed by atoms with van der Waals surface area (Å²) in [6.45, 7) is 7.15. The van der Waals surface area contributed by atoms with Crippen LogP contribution >= 0.6 is 15.9 Å². The van der Waals surface area contributed by atoms with Crippen LogP contribution in [0.1, 0.15) is 39.3 Å². The molecule has 0 unspecified atom stereocenters. The van der Waals surface area contributed by atoms with Gasteiger partial charge >= 0.3 is 0 Å². The number of amides is 2. The van der Waals surface area contributed by atoms with Crippen molar-refractivity contribution < 1.29 is 9.59 Å². The summed E-state index contributed by atoms with van der Waals surface area (Å²) in [5.74, 6) is -0.337. The summed E-state index contributed by atoms with van der Waals surface area (Å²) in [6.07, 6.45) is 0. The predicted molar refractivity (Wildman–Crippen MR) is 83.1 cm³/mol. The van der Waals surface area contributed by atoms with Gasteiger partial charge in [-0.3, -0.25) is 9.59 Å². The van der Waals surface area contributed by atoms with Crippen molar-refractivity contribution >= 4 is 27.7 Å². The highest BCUT2D eigenvalue weighted by Gasteiger charge is 2.24. The molecule has 0 saturated carbocycles. The molecule has 0 spiro atoms. The van der Waals surface area contributed by atoms with Crippen LogP contribution in [0, 0.1) is 5.92 Å². The number of nitrogens with one attached hydrogen (secondary N) is 2.